The Hall–Kier alpha value is -0.283. The van der Waals surface area contributed by atoms with Crippen molar-refractivity contribution < 1.29 is 0 Å². The van der Waals surface area contributed by atoms with Crippen LogP contribution in [0.4, 0.5) is 0 Å². The van der Waals surface area contributed by atoms with E-state index in [1.54, 1.807) is 0 Å². The topological polar surface area (TPSA) is 19.4 Å². The van der Waals surface area contributed by atoms with Crippen molar-refractivity contribution >= 4 is 8.56 Å². The second-order valence-corrected chi connectivity index (χ2v) is 12.3. The van der Waals surface area contributed by atoms with Gasteiger partial charge < -0.3 is 14.7 Å². The summed E-state index contributed by atoms with van der Waals surface area (Å²) in [7, 11) is 4.74. The van der Waals surface area contributed by atoms with Gasteiger partial charge in [0.1, 0.15) is 0 Å². The van der Waals surface area contributed by atoms with Crippen molar-refractivity contribution in [1.29, 1.82) is 0 Å². The third-order valence-electron chi connectivity index (χ3n) is 6.41. The highest BCUT2D eigenvalue weighted by Gasteiger charge is 2.53. The molecule has 6 nitrogen and oxygen atoms in total. The van der Waals surface area contributed by atoms with E-state index in [1.165, 1.54) is 83.7 Å². The summed E-state index contributed by atoms with van der Waals surface area (Å²) in [5, 5.41) is 1.44. The van der Waals surface area contributed by atoms with Gasteiger partial charge in [0.05, 0.1) is 0 Å². The van der Waals surface area contributed by atoms with Crippen LogP contribution in [0, 0.1) is 0 Å². The average molecular weight is 367 g/mol. The number of piperazine rings is 3. The van der Waals surface area contributed by atoms with Crippen LogP contribution >= 0.6 is 0 Å². The van der Waals surface area contributed by atoms with Crippen molar-refractivity contribution in [3.8, 4) is 0 Å². The highest BCUT2D eigenvalue weighted by molar-refractivity contribution is 6.78. The highest BCUT2D eigenvalue weighted by atomic mass is 28.4. The van der Waals surface area contributed by atoms with E-state index in [2.05, 4.69) is 63.0 Å². The molecule has 0 aromatic heterocycles. The zero-order chi connectivity index (χ0) is 18.0. The van der Waals surface area contributed by atoms with Gasteiger partial charge in [-0.2, -0.15) is 0 Å². The highest BCUT2D eigenvalue weighted by Crippen LogP contribution is 2.30. The van der Waals surface area contributed by atoms with Gasteiger partial charge in [-0.05, 0) is 33.3 Å². The largest absolute Gasteiger partial charge is 0.318 e. The third kappa shape index (κ3) is 3.88. The lowest BCUT2D eigenvalue weighted by Gasteiger charge is -2.58. The Morgan fingerprint density at radius 2 is 0.800 bits per heavy atom. The second kappa shape index (κ2) is 8.16. The van der Waals surface area contributed by atoms with Crippen molar-refractivity contribution in [3.63, 3.8) is 0 Å². The van der Waals surface area contributed by atoms with Gasteiger partial charge in [-0.1, -0.05) is 0 Å². The fourth-order valence-electron chi connectivity index (χ4n) is 4.76. The summed E-state index contributed by atoms with van der Waals surface area (Å²) in [5.74, 6) is 0. The van der Waals surface area contributed by atoms with Gasteiger partial charge in [0, 0.05) is 78.5 Å². The number of rotatable bonds is 4. The van der Waals surface area contributed by atoms with E-state index in [1.807, 2.05) is 0 Å². The fraction of sp³-hybridized carbons (Fsp3) is 0.889. The molecule has 0 unspecified atom stereocenters. The average Bonchev–Trinajstić information content (AvgIpc) is 2.60. The smallest absolute Gasteiger partial charge is 0.304 e. The van der Waals surface area contributed by atoms with E-state index < -0.39 is 8.56 Å². The molecule has 0 atom stereocenters. The molecule has 3 aliphatic heterocycles. The van der Waals surface area contributed by atoms with E-state index >= 15 is 0 Å². The lowest BCUT2D eigenvalue weighted by atomic mass is 10.4. The molecule has 0 aromatic rings. The summed E-state index contributed by atoms with van der Waals surface area (Å²) in [6.45, 7) is 21.2. The number of allylic oxidation sites excluding steroid dienone is 1. The van der Waals surface area contributed by atoms with Crippen LogP contribution in [0.5, 0.6) is 0 Å². The van der Waals surface area contributed by atoms with Crippen molar-refractivity contribution in [2.24, 2.45) is 0 Å². The Kier molecular flexibility index (Phi) is 6.36. The molecule has 0 aliphatic carbocycles. The van der Waals surface area contributed by atoms with Crippen LogP contribution in [0.3, 0.4) is 0 Å². The first-order chi connectivity index (χ1) is 11.9. The van der Waals surface area contributed by atoms with Crippen molar-refractivity contribution in [2.45, 2.75) is 6.92 Å². The van der Waals surface area contributed by atoms with E-state index in [-0.39, 0.29) is 0 Å². The zero-order valence-electron chi connectivity index (χ0n) is 16.9. The molecule has 3 saturated heterocycles. The summed E-state index contributed by atoms with van der Waals surface area (Å²) >= 11 is 0. The molecular formula is C18H38N6Si. The van der Waals surface area contributed by atoms with Crippen molar-refractivity contribution in [3.05, 3.63) is 11.8 Å². The first-order valence-electron chi connectivity index (χ1n) is 9.91. The third-order valence-corrected chi connectivity index (χ3v) is 11.5. The molecule has 3 fully saturated rings. The van der Waals surface area contributed by atoms with Crippen molar-refractivity contribution in [2.75, 3.05) is 99.7 Å². The maximum absolute atomic E-state index is 4.61. The van der Waals surface area contributed by atoms with Crippen LogP contribution in [0.1, 0.15) is 6.92 Å². The standard InChI is InChI=1S/C18H38N6Si/c1-18(2)25(22-12-6-19(3)7-13-22,23-14-8-20(4)9-15-23)24-16-10-21(5)11-17-24/h1,6-17H2,2-5H3. The molecule has 0 radical (unpaired) electrons. The van der Waals surface area contributed by atoms with Crippen LogP contribution in [0.2, 0.25) is 0 Å². The molecule has 0 N–H and O–H groups in total. The Balaban J connectivity index is 1.91. The van der Waals surface area contributed by atoms with Crippen LogP contribution in [-0.4, -0.2) is 137 Å². The molecular weight excluding hydrogens is 328 g/mol. The molecule has 0 spiro atoms. The molecule has 25 heavy (non-hydrogen) atoms. The van der Waals surface area contributed by atoms with E-state index in [0.29, 0.717) is 0 Å². The number of hydrogen-bond acceptors (Lipinski definition) is 6. The number of hydrogen-bond donors (Lipinski definition) is 0. The lowest BCUT2D eigenvalue weighted by Crippen LogP contribution is -2.80. The van der Waals surface area contributed by atoms with Crippen LogP contribution in [-0.2, 0) is 0 Å². The Morgan fingerprint density at radius 3 is 1.00 bits per heavy atom. The molecule has 7 heteroatoms. The lowest BCUT2D eigenvalue weighted by molar-refractivity contribution is 0.125. The maximum atomic E-state index is 4.61. The summed E-state index contributed by atoms with van der Waals surface area (Å²) in [6, 6.07) is 0. The van der Waals surface area contributed by atoms with Gasteiger partial charge in [0.25, 0.3) is 0 Å². The van der Waals surface area contributed by atoms with Gasteiger partial charge in [-0.25, -0.2) is 0 Å². The Bertz CT molecular complexity index is 393. The van der Waals surface area contributed by atoms with Gasteiger partial charge >= 0.3 is 8.56 Å². The molecule has 0 saturated carbocycles. The van der Waals surface area contributed by atoms with Crippen molar-refractivity contribution in [1.82, 2.24) is 28.4 Å². The Labute approximate surface area is 155 Å². The first kappa shape index (κ1) is 19.5. The molecule has 0 amide bonds. The van der Waals surface area contributed by atoms with Crippen LogP contribution < -0.4 is 0 Å². The fourth-order valence-corrected chi connectivity index (χ4v) is 10.1. The second-order valence-electron chi connectivity index (χ2n) is 8.29. The number of likely N-dealkylation sites (N-methyl/N-ethyl adjacent to an activating group) is 3. The molecule has 144 valence electrons. The maximum Gasteiger partial charge on any atom is 0.318 e. The summed E-state index contributed by atoms with van der Waals surface area (Å²) in [6.07, 6.45) is 0. The van der Waals surface area contributed by atoms with E-state index in [0.717, 1.165) is 0 Å². The minimum Gasteiger partial charge on any atom is -0.304 e. The first-order valence-corrected chi connectivity index (χ1v) is 11.8. The quantitative estimate of drug-likeness (QED) is 0.637. The predicted octanol–water partition coefficient (Wildman–Crippen LogP) is -0.217. The van der Waals surface area contributed by atoms with Gasteiger partial charge in [-0.3, -0.25) is 13.7 Å². The van der Waals surface area contributed by atoms with Crippen LogP contribution in [0.25, 0.3) is 0 Å². The molecule has 3 aliphatic rings. The van der Waals surface area contributed by atoms with Gasteiger partial charge in [0.2, 0.25) is 0 Å². The molecule has 3 heterocycles. The summed E-state index contributed by atoms with van der Waals surface area (Å²) < 4.78 is 8.60. The Morgan fingerprint density at radius 1 is 0.560 bits per heavy atom. The monoisotopic (exact) mass is 366 g/mol. The van der Waals surface area contributed by atoms with Gasteiger partial charge in [-0.15, -0.1) is 6.58 Å². The summed E-state index contributed by atoms with van der Waals surface area (Å²) in [5.41, 5.74) is 0. The minimum absolute atomic E-state index is 1.18. The minimum atomic E-state index is -2.03. The molecule has 0 bridgehead atoms. The summed E-state index contributed by atoms with van der Waals surface area (Å²) in [4.78, 5) is 7.42. The molecule has 0 aromatic carbocycles. The van der Waals surface area contributed by atoms with Gasteiger partial charge in [0.15, 0.2) is 0 Å². The predicted molar refractivity (Wildman–Crippen MR) is 108 cm³/mol. The normalized spacial score (nSPS) is 27.7. The van der Waals surface area contributed by atoms with E-state index in [4.69, 9.17) is 0 Å². The van der Waals surface area contributed by atoms with E-state index in [9.17, 15) is 0 Å². The zero-order valence-corrected chi connectivity index (χ0v) is 17.9. The molecule has 3 rings (SSSR count). The SMILES string of the molecule is C=C(C)[Si](N1CCN(C)CC1)(N1CCN(C)CC1)N1CCN(C)CC1. The number of nitrogens with zero attached hydrogens (tertiary/aromatic N) is 6. The van der Waals surface area contributed by atoms with Crippen LogP contribution in [0.15, 0.2) is 11.8 Å².